The van der Waals surface area contributed by atoms with Crippen LogP contribution in [0.4, 0.5) is 11.4 Å². The Balaban J connectivity index is 2.01. The van der Waals surface area contributed by atoms with Crippen LogP contribution in [-0.4, -0.2) is 43.3 Å². The van der Waals surface area contributed by atoms with Crippen LogP contribution in [0.1, 0.15) is 33.2 Å². The summed E-state index contributed by atoms with van der Waals surface area (Å²) in [5.74, 6) is -1.39. The maximum atomic E-state index is 12.2. The molecule has 0 radical (unpaired) electrons. The third-order valence-electron chi connectivity index (χ3n) is 4.04. The third kappa shape index (κ3) is 5.86. The van der Waals surface area contributed by atoms with Crippen LogP contribution in [0.2, 0.25) is 0 Å². The number of benzene rings is 2. The van der Waals surface area contributed by atoms with Crippen molar-refractivity contribution in [3.8, 4) is 0 Å². The lowest BCUT2D eigenvalue weighted by Crippen LogP contribution is -2.19. The molecule has 0 bridgehead atoms. The Kier molecular flexibility index (Phi) is 7.02. The Bertz CT molecular complexity index is 938. The molecule has 1 amide bonds. The summed E-state index contributed by atoms with van der Waals surface area (Å²) in [6.07, 6.45) is 0. The molecule has 2 aromatic rings. The van der Waals surface area contributed by atoms with E-state index < -0.39 is 23.3 Å². The molecule has 0 atom stereocenters. The van der Waals surface area contributed by atoms with Crippen LogP contribution in [0.25, 0.3) is 0 Å². The molecule has 2 rings (SSSR count). The van der Waals surface area contributed by atoms with Gasteiger partial charge in [-0.2, -0.15) is 0 Å². The normalized spacial score (nSPS) is 10.2. The van der Waals surface area contributed by atoms with Crippen molar-refractivity contribution in [1.29, 1.82) is 0 Å². The van der Waals surface area contributed by atoms with E-state index in [4.69, 9.17) is 4.74 Å². The first-order valence-electron chi connectivity index (χ1n) is 8.68. The zero-order valence-electron chi connectivity index (χ0n) is 16.3. The molecule has 0 aromatic heterocycles. The molecule has 0 saturated carbocycles. The Labute approximate surface area is 167 Å². The van der Waals surface area contributed by atoms with Gasteiger partial charge in [0.1, 0.15) is 5.69 Å². The van der Waals surface area contributed by atoms with Gasteiger partial charge in [-0.3, -0.25) is 19.7 Å². The second-order valence-electron chi connectivity index (χ2n) is 6.46. The largest absolute Gasteiger partial charge is 0.454 e. The summed E-state index contributed by atoms with van der Waals surface area (Å²) in [7, 11) is 3.31. The van der Waals surface area contributed by atoms with E-state index in [9.17, 15) is 24.5 Å². The van der Waals surface area contributed by atoms with Crippen molar-refractivity contribution in [2.45, 2.75) is 13.5 Å². The van der Waals surface area contributed by atoms with Gasteiger partial charge in [-0.05, 0) is 17.7 Å². The second kappa shape index (κ2) is 9.45. The number of hydrogen-bond acceptors (Lipinski definition) is 7. The molecule has 0 aliphatic rings. The molecule has 1 N–H and O–H groups in total. The molecule has 0 fully saturated rings. The molecule has 0 heterocycles. The summed E-state index contributed by atoms with van der Waals surface area (Å²) in [4.78, 5) is 47.5. The fraction of sp³-hybridized carbons (Fsp3) is 0.250. The maximum Gasteiger partial charge on any atom is 0.338 e. The van der Waals surface area contributed by atoms with Crippen molar-refractivity contribution in [3.05, 3.63) is 69.3 Å². The van der Waals surface area contributed by atoms with E-state index in [1.807, 2.05) is 0 Å². The minimum atomic E-state index is -0.825. The minimum absolute atomic E-state index is 0.0132. The van der Waals surface area contributed by atoms with Crippen molar-refractivity contribution in [1.82, 2.24) is 5.32 Å². The third-order valence-corrected chi connectivity index (χ3v) is 4.04. The molecule has 0 unspecified atom stereocenters. The first-order valence-corrected chi connectivity index (χ1v) is 8.68. The van der Waals surface area contributed by atoms with Gasteiger partial charge in [0.2, 0.25) is 5.91 Å². The van der Waals surface area contributed by atoms with Gasteiger partial charge in [-0.1, -0.05) is 24.3 Å². The van der Waals surface area contributed by atoms with Crippen LogP contribution in [-0.2, 0) is 16.1 Å². The number of hydrogen-bond donors (Lipinski definition) is 1. The fourth-order valence-corrected chi connectivity index (χ4v) is 2.51. The van der Waals surface area contributed by atoms with Gasteiger partial charge in [0.05, 0.1) is 10.5 Å². The summed E-state index contributed by atoms with van der Waals surface area (Å²) in [5, 5.41) is 13.9. The molecular weight excluding hydrogens is 378 g/mol. The van der Waals surface area contributed by atoms with Crippen LogP contribution >= 0.6 is 0 Å². The summed E-state index contributed by atoms with van der Waals surface area (Å²) >= 11 is 0. The highest BCUT2D eigenvalue weighted by Crippen LogP contribution is 2.28. The molecule has 2 aromatic carbocycles. The first-order chi connectivity index (χ1) is 13.7. The maximum absolute atomic E-state index is 12.2. The Morgan fingerprint density at radius 1 is 1.07 bits per heavy atom. The predicted octanol–water partition coefficient (Wildman–Crippen LogP) is 2.34. The van der Waals surface area contributed by atoms with Gasteiger partial charge in [-0.25, -0.2) is 4.79 Å². The van der Waals surface area contributed by atoms with E-state index in [0.717, 1.165) is 11.6 Å². The second-order valence-corrected chi connectivity index (χ2v) is 6.46. The lowest BCUT2D eigenvalue weighted by molar-refractivity contribution is -0.384. The van der Waals surface area contributed by atoms with Crippen LogP contribution in [0.3, 0.4) is 0 Å². The highest BCUT2D eigenvalue weighted by molar-refractivity contribution is 5.99. The number of ketones is 1. The molecule has 0 spiro atoms. The van der Waals surface area contributed by atoms with Crippen LogP contribution < -0.4 is 10.2 Å². The average molecular weight is 399 g/mol. The van der Waals surface area contributed by atoms with Crippen molar-refractivity contribution in [2.24, 2.45) is 0 Å². The number of carbonyl (C=O) groups is 3. The summed E-state index contributed by atoms with van der Waals surface area (Å²) in [6, 6.07) is 10.5. The molecule has 9 nitrogen and oxygen atoms in total. The van der Waals surface area contributed by atoms with Crippen LogP contribution in [0.5, 0.6) is 0 Å². The Morgan fingerprint density at radius 2 is 1.69 bits per heavy atom. The van der Waals surface area contributed by atoms with E-state index in [1.165, 1.54) is 19.1 Å². The lowest BCUT2D eigenvalue weighted by Gasteiger charge is -2.13. The number of nitro groups is 1. The van der Waals surface area contributed by atoms with Gasteiger partial charge in [0, 0.05) is 39.2 Å². The number of rotatable bonds is 8. The summed E-state index contributed by atoms with van der Waals surface area (Å²) in [5.41, 5.74) is 1.27. The van der Waals surface area contributed by atoms with Crippen molar-refractivity contribution < 1.29 is 24.0 Å². The highest BCUT2D eigenvalue weighted by atomic mass is 16.6. The predicted molar refractivity (Wildman–Crippen MR) is 106 cm³/mol. The van der Waals surface area contributed by atoms with Gasteiger partial charge < -0.3 is 15.0 Å². The SMILES string of the molecule is CC(=O)NCc1ccc(C(=O)COC(=O)c2ccc(N(C)C)c([N+](=O)[O-])c2)cc1. The lowest BCUT2D eigenvalue weighted by atomic mass is 10.1. The number of carbonyl (C=O) groups excluding carboxylic acids is 3. The van der Waals surface area contributed by atoms with Crippen molar-refractivity contribution in [3.63, 3.8) is 0 Å². The highest BCUT2D eigenvalue weighted by Gasteiger charge is 2.20. The standard InChI is InChI=1S/C20H21N3O6/c1-13(24)21-11-14-4-6-15(7-5-14)19(25)12-29-20(26)16-8-9-17(22(2)3)18(10-16)23(27)28/h4-10H,11-12H2,1-3H3,(H,21,24). The smallest absolute Gasteiger partial charge is 0.338 e. The molecule has 152 valence electrons. The number of anilines is 1. The number of nitrogens with one attached hydrogen (secondary N) is 1. The van der Waals surface area contributed by atoms with E-state index in [2.05, 4.69) is 5.32 Å². The first kappa shape index (κ1) is 21.5. The average Bonchev–Trinajstić information content (AvgIpc) is 2.69. The number of nitrogens with zero attached hydrogens (tertiary/aromatic N) is 2. The number of nitro benzene ring substituents is 1. The monoisotopic (exact) mass is 399 g/mol. The van der Waals surface area contributed by atoms with Gasteiger partial charge in [0.15, 0.2) is 12.4 Å². The molecule has 0 aliphatic heterocycles. The number of Topliss-reactive ketones (excluding diaryl/α,β-unsaturated/α-hetero) is 1. The zero-order valence-corrected chi connectivity index (χ0v) is 16.3. The fourth-order valence-electron chi connectivity index (χ4n) is 2.51. The molecule has 0 aliphatic carbocycles. The van der Waals surface area contributed by atoms with E-state index in [1.54, 1.807) is 43.3 Å². The zero-order chi connectivity index (χ0) is 21.6. The Hall–Kier alpha value is -3.75. The topological polar surface area (TPSA) is 119 Å². The van der Waals surface area contributed by atoms with E-state index in [-0.39, 0.29) is 17.2 Å². The van der Waals surface area contributed by atoms with Gasteiger partial charge in [-0.15, -0.1) is 0 Å². The minimum Gasteiger partial charge on any atom is -0.454 e. The van der Waals surface area contributed by atoms with E-state index >= 15 is 0 Å². The van der Waals surface area contributed by atoms with Crippen LogP contribution in [0, 0.1) is 10.1 Å². The van der Waals surface area contributed by atoms with Crippen LogP contribution in [0.15, 0.2) is 42.5 Å². The van der Waals surface area contributed by atoms with Gasteiger partial charge >= 0.3 is 5.97 Å². The number of amides is 1. The quantitative estimate of drug-likeness (QED) is 0.313. The summed E-state index contributed by atoms with van der Waals surface area (Å²) in [6.45, 7) is 1.27. The number of ether oxygens (including phenoxy) is 1. The van der Waals surface area contributed by atoms with Crippen molar-refractivity contribution in [2.75, 3.05) is 25.6 Å². The van der Waals surface area contributed by atoms with Crippen molar-refractivity contribution >= 4 is 29.0 Å². The van der Waals surface area contributed by atoms with E-state index in [0.29, 0.717) is 17.8 Å². The number of esters is 1. The molecular formula is C20H21N3O6. The Morgan fingerprint density at radius 3 is 2.24 bits per heavy atom. The summed E-state index contributed by atoms with van der Waals surface area (Å²) < 4.78 is 5.01. The molecule has 29 heavy (non-hydrogen) atoms. The molecule has 9 heteroatoms. The molecule has 0 saturated heterocycles. The van der Waals surface area contributed by atoms with Gasteiger partial charge in [0.25, 0.3) is 5.69 Å².